The van der Waals surface area contributed by atoms with Gasteiger partial charge in [-0.15, -0.1) is 0 Å². The van der Waals surface area contributed by atoms with Crippen molar-refractivity contribution in [3.63, 3.8) is 0 Å². The summed E-state index contributed by atoms with van der Waals surface area (Å²) < 4.78 is 0.404. The number of aromatic carboxylic acids is 1. The molecule has 1 rings (SSSR count). The van der Waals surface area contributed by atoms with Gasteiger partial charge in [0.25, 0.3) is 0 Å². The van der Waals surface area contributed by atoms with Gasteiger partial charge in [-0.05, 0) is 34.7 Å². The molecular formula is C8H4INO3. The maximum atomic E-state index is 10.6. The number of carboxylic acids is 1. The van der Waals surface area contributed by atoms with Crippen molar-refractivity contribution in [2.24, 2.45) is 0 Å². The lowest BCUT2D eigenvalue weighted by Gasteiger charge is -2.01. The number of rotatable bonds is 1. The number of phenolic OH excluding ortho intramolecular Hbond substituents is 1. The van der Waals surface area contributed by atoms with Gasteiger partial charge in [0.2, 0.25) is 0 Å². The Morgan fingerprint density at radius 2 is 2.15 bits per heavy atom. The highest BCUT2D eigenvalue weighted by Gasteiger charge is 2.12. The van der Waals surface area contributed by atoms with Crippen LogP contribution in [0.4, 0.5) is 0 Å². The van der Waals surface area contributed by atoms with Crippen LogP contribution in [0.5, 0.6) is 5.75 Å². The first-order valence-corrected chi connectivity index (χ1v) is 4.30. The van der Waals surface area contributed by atoms with Gasteiger partial charge in [0, 0.05) is 3.57 Å². The number of benzene rings is 1. The molecule has 0 aliphatic heterocycles. The number of aromatic hydroxyl groups is 1. The summed E-state index contributed by atoms with van der Waals surface area (Å²) in [5.74, 6) is -1.31. The van der Waals surface area contributed by atoms with Crippen molar-refractivity contribution in [3.05, 3.63) is 26.8 Å². The summed E-state index contributed by atoms with van der Waals surface area (Å²) in [7, 11) is 0. The Balaban J connectivity index is 3.41. The molecule has 1 aromatic rings. The monoisotopic (exact) mass is 289 g/mol. The van der Waals surface area contributed by atoms with Gasteiger partial charge in [-0.25, -0.2) is 4.79 Å². The number of carbonyl (C=O) groups is 1. The van der Waals surface area contributed by atoms with E-state index >= 15 is 0 Å². The summed E-state index contributed by atoms with van der Waals surface area (Å²) in [4.78, 5) is 10.6. The van der Waals surface area contributed by atoms with E-state index < -0.39 is 5.97 Å². The molecule has 0 saturated carbocycles. The molecule has 0 aromatic heterocycles. The van der Waals surface area contributed by atoms with Crippen molar-refractivity contribution in [3.8, 4) is 11.8 Å². The van der Waals surface area contributed by atoms with Crippen LogP contribution in [0.1, 0.15) is 15.9 Å². The highest BCUT2D eigenvalue weighted by atomic mass is 127. The molecule has 0 spiro atoms. The van der Waals surface area contributed by atoms with E-state index in [1.165, 1.54) is 6.07 Å². The van der Waals surface area contributed by atoms with Gasteiger partial charge < -0.3 is 10.2 Å². The molecule has 0 unspecified atom stereocenters. The van der Waals surface area contributed by atoms with Gasteiger partial charge in [0.1, 0.15) is 11.8 Å². The van der Waals surface area contributed by atoms with E-state index in [2.05, 4.69) is 0 Å². The molecule has 13 heavy (non-hydrogen) atoms. The summed E-state index contributed by atoms with van der Waals surface area (Å²) in [6, 6.07) is 4.11. The third-order valence-electron chi connectivity index (χ3n) is 1.44. The van der Waals surface area contributed by atoms with E-state index in [1.54, 1.807) is 28.7 Å². The molecule has 0 aliphatic carbocycles. The van der Waals surface area contributed by atoms with Crippen LogP contribution in [0.15, 0.2) is 12.1 Å². The molecule has 0 radical (unpaired) electrons. The minimum Gasteiger partial charge on any atom is -0.507 e. The second-order valence-corrected chi connectivity index (χ2v) is 3.43. The molecule has 0 aliphatic rings. The summed E-state index contributed by atoms with van der Waals surface area (Å²) in [5.41, 5.74) is -0.00670. The van der Waals surface area contributed by atoms with E-state index in [1.807, 2.05) is 0 Å². The first kappa shape index (κ1) is 9.80. The third-order valence-corrected chi connectivity index (χ3v) is 2.33. The predicted octanol–water partition coefficient (Wildman–Crippen LogP) is 1.57. The minimum atomic E-state index is -1.11. The lowest BCUT2D eigenvalue weighted by molar-refractivity contribution is 0.0695. The number of hydrogen-bond acceptors (Lipinski definition) is 3. The lowest BCUT2D eigenvalue weighted by atomic mass is 10.1. The smallest absolute Gasteiger partial charge is 0.336 e. The molecule has 0 fully saturated rings. The van der Waals surface area contributed by atoms with Gasteiger partial charge >= 0.3 is 5.97 Å². The summed E-state index contributed by atoms with van der Waals surface area (Å²) in [6.45, 7) is 0. The second kappa shape index (κ2) is 3.62. The SMILES string of the molecule is N#Cc1cc(C(=O)O)c(I)cc1O. The Kier molecular flexibility index (Phi) is 2.72. The summed E-state index contributed by atoms with van der Waals surface area (Å²) >= 11 is 1.78. The number of halogens is 1. The topological polar surface area (TPSA) is 81.3 Å². The molecule has 4 nitrogen and oxygen atoms in total. The Bertz CT molecular complexity index is 409. The van der Waals surface area contributed by atoms with Crippen LogP contribution in [-0.2, 0) is 0 Å². The Morgan fingerprint density at radius 1 is 1.54 bits per heavy atom. The van der Waals surface area contributed by atoms with Crippen LogP contribution >= 0.6 is 22.6 Å². The van der Waals surface area contributed by atoms with Crippen molar-refractivity contribution < 1.29 is 15.0 Å². The molecule has 2 N–H and O–H groups in total. The van der Waals surface area contributed by atoms with Crippen LogP contribution in [0.25, 0.3) is 0 Å². The molecular weight excluding hydrogens is 285 g/mol. The molecule has 0 atom stereocenters. The van der Waals surface area contributed by atoms with Crippen molar-refractivity contribution in [2.45, 2.75) is 0 Å². The highest BCUT2D eigenvalue weighted by Crippen LogP contribution is 2.23. The second-order valence-electron chi connectivity index (χ2n) is 2.27. The molecule has 0 saturated heterocycles. The highest BCUT2D eigenvalue weighted by molar-refractivity contribution is 14.1. The number of hydrogen-bond donors (Lipinski definition) is 2. The van der Waals surface area contributed by atoms with Crippen molar-refractivity contribution >= 4 is 28.6 Å². The van der Waals surface area contributed by atoms with E-state index in [0.717, 1.165) is 6.07 Å². The Labute approximate surface area is 87.6 Å². The molecule has 0 amide bonds. The van der Waals surface area contributed by atoms with E-state index in [-0.39, 0.29) is 16.9 Å². The van der Waals surface area contributed by atoms with Crippen LogP contribution in [0.2, 0.25) is 0 Å². The quantitative estimate of drug-likeness (QED) is 0.769. The molecule has 0 bridgehead atoms. The van der Waals surface area contributed by atoms with Crippen LogP contribution < -0.4 is 0 Å². The average molecular weight is 289 g/mol. The predicted molar refractivity (Wildman–Crippen MR) is 52.5 cm³/mol. The van der Waals surface area contributed by atoms with Crippen LogP contribution in [0.3, 0.4) is 0 Å². The van der Waals surface area contributed by atoms with Crippen molar-refractivity contribution in [1.82, 2.24) is 0 Å². The largest absolute Gasteiger partial charge is 0.507 e. The van der Waals surface area contributed by atoms with Crippen LogP contribution in [-0.4, -0.2) is 16.2 Å². The van der Waals surface area contributed by atoms with E-state index in [4.69, 9.17) is 10.4 Å². The molecule has 0 heterocycles. The normalized spacial score (nSPS) is 9.23. The Hall–Kier alpha value is -1.29. The fraction of sp³-hybridized carbons (Fsp3) is 0. The lowest BCUT2D eigenvalue weighted by Crippen LogP contribution is -2.00. The fourth-order valence-electron chi connectivity index (χ4n) is 0.816. The number of carboxylic acid groups (broad SMARTS) is 1. The minimum absolute atomic E-state index is 0.0231. The molecule has 1 aromatic carbocycles. The zero-order valence-electron chi connectivity index (χ0n) is 6.28. The maximum absolute atomic E-state index is 10.6. The van der Waals surface area contributed by atoms with Gasteiger partial charge in [-0.1, -0.05) is 0 Å². The van der Waals surface area contributed by atoms with Gasteiger partial charge in [0.05, 0.1) is 11.1 Å². The standard InChI is InChI=1S/C8H4INO3/c9-6-2-7(11)4(3-10)1-5(6)8(12)13/h1-2,11H,(H,12,13). The van der Waals surface area contributed by atoms with Gasteiger partial charge in [0.15, 0.2) is 0 Å². The summed E-state index contributed by atoms with van der Waals surface area (Å²) in [6.07, 6.45) is 0. The van der Waals surface area contributed by atoms with Crippen LogP contribution in [0, 0.1) is 14.9 Å². The number of nitriles is 1. The van der Waals surface area contributed by atoms with Crippen molar-refractivity contribution in [1.29, 1.82) is 5.26 Å². The average Bonchev–Trinajstić information content (AvgIpc) is 2.03. The Morgan fingerprint density at radius 3 is 2.62 bits per heavy atom. The number of nitrogens with zero attached hydrogens (tertiary/aromatic N) is 1. The fourth-order valence-corrected chi connectivity index (χ4v) is 1.50. The van der Waals surface area contributed by atoms with Gasteiger partial charge in [-0.3, -0.25) is 0 Å². The number of phenols is 1. The summed E-state index contributed by atoms with van der Waals surface area (Å²) in [5, 5.41) is 26.4. The first-order valence-electron chi connectivity index (χ1n) is 3.22. The molecule has 66 valence electrons. The maximum Gasteiger partial charge on any atom is 0.336 e. The zero-order chi connectivity index (χ0) is 10.0. The zero-order valence-corrected chi connectivity index (χ0v) is 8.44. The van der Waals surface area contributed by atoms with Crippen molar-refractivity contribution in [2.75, 3.05) is 0 Å². The van der Waals surface area contributed by atoms with E-state index in [0.29, 0.717) is 3.57 Å². The first-order chi connectivity index (χ1) is 6.06. The van der Waals surface area contributed by atoms with E-state index in [9.17, 15) is 9.90 Å². The van der Waals surface area contributed by atoms with Gasteiger partial charge in [-0.2, -0.15) is 5.26 Å². The third kappa shape index (κ3) is 1.89. The molecule has 5 heteroatoms.